The number of thioether (sulfide) groups is 2. The van der Waals surface area contributed by atoms with Crippen molar-refractivity contribution in [2.24, 2.45) is 0 Å². The first kappa shape index (κ1) is 14.7. The minimum atomic E-state index is -1.61. The molecular formula is C14H16F2OS2. The molecule has 0 unspecified atom stereocenters. The number of para-hydroxylation sites is 1. The van der Waals surface area contributed by atoms with E-state index in [1.165, 1.54) is 0 Å². The third-order valence-electron chi connectivity index (χ3n) is 3.00. The number of ether oxygens (including phenoxy) is 1. The van der Waals surface area contributed by atoms with Gasteiger partial charge in [-0.25, -0.2) is 0 Å². The van der Waals surface area contributed by atoms with Gasteiger partial charge >= 0.3 is 0 Å². The summed E-state index contributed by atoms with van der Waals surface area (Å²) in [5.74, 6) is 2.76. The minimum absolute atomic E-state index is 0.324. The summed E-state index contributed by atoms with van der Waals surface area (Å²) >= 11 is 3.48. The van der Waals surface area contributed by atoms with Crippen molar-refractivity contribution in [3.05, 3.63) is 42.0 Å². The minimum Gasteiger partial charge on any atom is -0.496 e. The lowest BCUT2D eigenvalue weighted by atomic mass is 10.1. The highest BCUT2D eigenvalue weighted by Gasteiger charge is 2.37. The molecule has 2 rings (SSSR count). The Hall–Kier alpha value is -0.680. The van der Waals surface area contributed by atoms with Crippen molar-refractivity contribution in [3.8, 4) is 5.75 Å². The lowest BCUT2D eigenvalue weighted by molar-refractivity contribution is 0.405. The van der Waals surface area contributed by atoms with Gasteiger partial charge in [0.05, 0.1) is 11.2 Å². The quantitative estimate of drug-likeness (QED) is 0.784. The van der Waals surface area contributed by atoms with Gasteiger partial charge in [0.25, 0.3) is 6.08 Å². The maximum atomic E-state index is 12.5. The number of hydrogen-bond acceptors (Lipinski definition) is 3. The molecule has 1 heterocycles. The number of allylic oxidation sites excluding steroid dienone is 1. The van der Waals surface area contributed by atoms with Crippen LogP contribution >= 0.6 is 23.5 Å². The van der Waals surface area contributed by atoms with Crippen LogP contribution in [0, 0.1) is 0 Å². The van der Waals surface area contributed by atoms with Crippen LogP contribution in [-0.2, 0) is 4.08 Å². The molecule has 0 N–H and O–H groups in total. The summed E-state index contributed by atoms with van der Waals surface area (Å²) in [7, 11) is 1.62. The summed E-state index contributed by atoms with van der Waals surface area (Å²) in [5, 5.41) is 0. The van der Waals surface area contributed by atoms with E-state index in [2.05, 4.69) is 0 Å². The predicted octanol–water partition coefficient (Wildman–Crippen LogP) is 4.89. The fourth-order valence-electron chi connectivity index (χ4n) is 2.13. The molecule has 0 saturated carbocycles. The first-order valence-electron chi connectivity index (χ1n) is 6.10. The molecular weight excluding hydrogens is 286 g/mol. The Morgan fingerprint density at radius 1 is 1.32 bits per heavy atom. The van der Waals surface area contributed by atoms with Crippen LogP contribution in [0.2, 0.25) is 0 Å². The maximum absolute atomic E-state index is 12.5. The zero-order chi connectivity index (χ0) is 13.7. The van der Waals surface area contributed by atoms with Crippen molar-refractivity contribution in [3.63, 3.8) is 0 Å². The molecule has 104 valence electrons. The number of methoxy groups -OCH3 is 1. The van der Waals surface area contributed by atoms with E-state index in [0.29, 0.717) is 6.42 Å². The van der Waals surface area contributed by atoms with Crippen LogP contribution in [0.1, 0.15) is 18.4 Å². The monoisotopic (exact) mass is 302 g/mol. The Kier molecular flexibility index (Phi) is 5.16. The molecule has 1 aliphatic heterocycles. The van der Waals surface area contributed by atoms with E-state index >= 15 is 0 Å². The van der Waals surface area contributed by atoms with Crippen LogP contribution in [0.25, 0.3) is 0 Å². The van der Waals surface area contributed by atoms with Gasteiger partial charge in [-0.2, -0.15) is 8.78 Å². The zero-order valence-electron chi connectivity index (χ0n) is 10.7. The van der Waals surface area contributed by atoms with Gasteiger partial charge in [-0.3, -0.25) is 0 Å². The van der Waals surface area contributed by atoms with E-state index in [1.54, 1.807) is 30.6 Å². The van der Waals surface area contributed by atoms with Crippen LogP contribution in [0.4, 0.5) is 8.78 Å². The maximum Gasteiger partial charge on any atom is 0.266 e. The molecule has 0 radical (unpaired) electrons. The standard InChI is InChI=1S/C14H16F2OS2/c1-17-12-6-3-2-5-11(12)14(8-7-13(15)16)18-9-4-10-19-14/h2-3,5-7H,4,8-10H2,1H3. The molecule has 5 heteroatoms. The van der Waals surface area contributed by atoms with Crippen LogP contribution in [0.3, 0.4) is 0 Å². The summed E-state index contributed by atoms with van der Waals surface area (Å²) in [6.45, 7) is 0. The van der Waals surface area contributed by atoms with Gasteiger partial charge in [-0.1, -0.05) is 18.2 Å². The zero-order valence-corrected chi connectivity index (χ0v) is 12.3. The first-order valence-corrected chi connectivity index (χ1v) is 8.07. The Labute approximate surface area is 120 Å². The summed E-state index contributed by atoms with van der Waals surface area (Å²) in [6, 6.07) is 7.71. The van der Waals surface area contributed by atoms with E-state index < -0.39 is 6.08 Å². The van der Waals surface area contributed by atoms with Crippen LogP contribution < -0.4 is 4.74 Å². The van der Waals surface area contributed by atoms with E-state index in [-0.39, 0.29) is 4.08 Å². The molecule has 1 aliphatic rings. The number of halogens is 2. The molecule has 1 fully saturated rings. The second kappa shape index (κ2) is 6.66. The van der Waals surface area contributed by atoms with Crippen molar-refractivity contribution in [2.45, 2.75) is 16.9 Å². The van der Waals surface area contributed by atoms with Crippen LogP contribution in [0.5, 0.6) is 5.75 Å². The number of benzene rings is 1. The van der Waals surface area contributed by atoms with E-state index in [1.807, 2.05) is 24.3 Å². The van der Waals surface area contributed by atoms with Gasteiger partial charge in [0, 0.05) is 5.56 Å². The number of hydrogen-bond donors (Lipinski definition) is 0. The van der Waals surface area contributed by atoms with Crippen molar-refractivity contribution < 1.29 is 13.5 Å². The molecule has 1 aromatic rings. The highest BCUT2D eigenvalue weighted by atomic mass is 32.2. The van der Waals surface area contributed by atoms with E-state index in [9.17, 15) is 8.78 Å². The molecule has 0 aromatic heterocycles. The Morgan fingerprint density at radius 3 is 2.63 bits per heavy atom. The summed E-state index contributed by atoms with van der Waals surface area (Å²) in [6.07, 6.45) is 0.859. The second-order valence-electron chi connectivity index (χ2n) is 4.20. The Bertz CT molecular complexity index is 453. The van der Waals surface area contributed by atoms with Crippen LogP contribution in [-0.4, -0.2) is 18.6 Å². The van der Waals surface area contributed by atoms with Gasteiger partial charge in [-0.05, 0) is 36.5 Å². The Morgan fingerprint density at radius 2 is 2.00 bits per heavy atom. The summed E-state index contributed by atoms with van der Waals surface area (Å²) in [4.78, 5) is 0. The van der Waals surface area contributed by atoms with Gasteiger partial charge < -0.3 is 4.74 Å². The second-order valence-corrected chi connectivity index (χ2v) is 7.25. The lowest BCUT2D eigenvalue weighted by Gasteiger charge is -2.36. The fourth-order valence-corrected chi connectivity index (χ4v) is 5.43. The lowest BCUT2D eigenvalue weighted by Crippen LogP contribution is -2.23. The third-order valence-corrected chi connectivity index (χ3v) is 6.40. The Balaban J connectivity index is 2.38. The largest absolute Gasteiger partial charge is 0.496 e. The average Bonchev–Trinajstić information content (AvgIpc) is 2.46. The van der Waals surface area contributed by atoms with Gasteiger partial charge in [0.1, 0.15) is 5.75 Å². The normalized spacial score (nSPS) is 17.8. The SMILES string of the molecule is COc1ccccc1C1(CC=C(F)F)SCCCS1. The molecule has 19 heavy (non-hydrogen) atoms. The smallest absolute Gasteiger partial charge is 0.266 e. The van der Waals surface area contributed by atoms with Gasteiger partial charge in [0.15, 0.2) is 0 Å². The predicted molar refractivity (Wildman–Crippen MR) is 79.1 cm³/mol. The van der Waals surface area contributed by atoms with Crippen LogP contribution in [0.15, 0.2) is 36.4 Å². The summed E-state index contributed by atoms with van der Waals surface area (Å²) in [5.41, 5.74) is 1.00. The van der Waals surface area contributed by atoms with E-state index in [4.69, 9.17) is 4.74 Å². The van der Waals surface area contributed by atoms with Crippen molar-refractivity contribution in [1.29, 1.82) is 0 Å². The highest BCUT2D eigenvalue weighted by molar-refractivity contribution is 8.18. The first-order chi connectivity index (χ1) is 9.18. The highest BCUT2D eigenvalue weighted by Crippen LogP contribution is 2.55. The van der Waals surface area contributed by atoms with Crippen molar-refractivity contribution in [2.75, 3.05) is 18.6 Å². The molecule has 1 aromatic carbocycles. The molecule has 1 saturated heterocycles. The molecule has 0 amide bonds. The molecule has 0 atom stereocenters. The van der Waals surface area contributed by atoms with Gasteiger partial charge in [0.2, 0.25) is 0 Å². The van der Waals surface area contributed by atoms with Crippen molar-refractivity contribution >= 4 is 23.5 Å². The molecule has 0 aliphatic carbocycles. The molecule has 1 nitrogen and oxygen atoms in total. The topological polar surface area (TPSA) is 9.23 Å². The third kappa shape index (κ3) is 3.45. The molecule has 0 bridgehead atoms. The van der Waals surface area contributed by atoms with E-state index in [0.717, 1.165) is 35.3 Å². The molecule has 0 spiro atoms. The summed E-state index contributed by atoms with van der Waals surface area (Å²) < 4.78 is 30.0. The number of rotatable bonds is 4. The fraction of sp³-hybridized carbons (Fsp3) is 0.429. The average molecular weight is 302 g/mol. The van der Waals surface area contributed by atoms with Crippen molar-refractivity contribution in [1.82, 2.24) is 0 Å². The van der Waals surface area contributed by atoms with Gasteiger partial charge in [-0.15, -0.1) is 23.5 Å².